The molecule has 3 fully saturated rings. The van der Waals surface area contributed by atoms with Gasteiger partial charge in [-0.25, -0.2) is 0 Å². The van der Waals surface area contributed by atoms with Crippen LogP contribution in [0.15, 0.2) is 18.5 Å². The van der Waals surface area contributed by atoms with E-state index in [1.807, 2.05) is 16.9 Å². The molecule has 138 valence electrons. The van der Waals surface area contributed by atoms with Crippen LogP contribution in [0.3, 0.4) is 0 Å². The second kappa shape index (κ2) is 7.46. The van der Waals surface area contributed by atoms with Gasteiger partial charge in [0.15, 0.2) is 0 Å². The predicted molar refractivity (Wildman–Crippen MR) is 97.3 cm³/mol. The van der Waals surface area contributed by atoms with Crippen LogP contribution >= 0.6 is 0 Å². The fourth-order valence-electron chi connectivity index (χ4n) is 4.92. The summed E-state index contributed by atoms with van der Waals surface area (Å²) in [6, 6.07) is 2.20. The van der Waals surface area contributed by atoms with Crippen molar-refractivity contribution in [2.45, 2.75) is 56.5 Å². The number of carbonyl (C=O) groups excluding carboxylic acids is 1. The zero-order chi connectivity index (χ0) is 17.1. The number of rotatable bonds is 5. The van der Waals surface area contributed by atoms with Crippen molar-refractivity contribution >= 4 is 5.91 Å². The third kappa shape index (κ3) is 3.60. The number of likely N-dealkylation sites (tertiary alicyclic amines) is 1. The lowest BCUT2D eigenvalue weighted by molar-refractivity contribution is -0.132. The lowest BCUT2D eigenvalue weighted by Crippen LogP contribution is -2.56. The first-order valence-electron chi connectivity index (χ1n) is 10.0. The Bertz CT molecular complexity index is 560. The van der Waals surface area contributed by atoms with E-state index >= 15 is 0 Å². The molecule has 1 saturated carbocycles. The molecule has 0 bridgehead atoms. The normalized spacial score (nSPS) is 27.6. The quantitative estimate of drug-likeness (QED) is 0.845. The zero-order valence-corrected chi connectivity index (χ0v) is 15.1. The van der Waals surface area contributed by atoms with Crippen LogP contribution in [-0.2, 0) is 10.3 Å². The second-order valence-corrected chi connectivity index (χ2v) is 8.10. The number of piperidine rings is 1. The molecule has 1 amide bonds. The summed E-state index contributed by atoms with van der Waals surface area (Å²) < 4.78 is 1.88. The molecule has 6 nitrogen and oxygen atoms in total. The lowest BCUT2D eigenvalue weighted by Gasteiger charge is -2.37. The molecule has 1 aliphatic carbocycles. The van der Waals surface area contributed by atoms with Gasteiger partial charge in [0.05, 0.1) is 0 Å². The minimum absolute atomic E-state index is 0.158. The highest BCUT2D eigenvalue weighted by Gasteiger charge is 2.43. The minimum atomic E-state index is -0.520. The molecule has 2 aliphatic heterocycles. The number of hydrogen-bond donors (Lipinski definition) is 2. The van der Waals surface area contributed by atoms with Crippen molar-refractivity contribution in [3.05, 3.63) is 18.5 Å². The molecule has 3 heterocycles. The van der Waals surface area contributed by atoms with Gasteiger partial charge in [-0.2, -0.15) is 5.10 Å². The van der Waals surface area contributed by atoms with Crippen molar-refractivity contribution in [2.75, 3.05) is 32.7 Å². The van der Waals surface area contributed by atoms with Crippen molar-refractivity contribution in [2.24, 2.45) is 5.92 Å². The van der Waals surface area contributed by atoms with Gasteiger partial charge < -0.3 is 15.5 Å². The SMILES string of the molecule is O=C(NC1CCN(CC2CCCC2)C1)C1(n2cccn2)CCNCC1. The van der Waals surface area contributed by atoms with Gasteiger partial charge in [0.25, 0.3) is 0 Å². The van der Waals surface area contributed by atoms with E-state index < -0.39 is 5.54 Å². The van der Waals surface area contributed by atoms with Crippen molar-refractivity contribution in [1.29, 1.82) is 0 Å². The first-order chi connectivity index (χ1) is 12.3. The number of nitrogens with zero attached hydrogens (tertiary/aromatic N) is 3. The summed E-state index contributed by atoms with van der Waals surface area (Å²) >= 11 is 0. The minimum Gasteiger partial charge on any atom is -0.350 e. The molecule has 4 rings (SSSR count). The van der Waals surface area contributed by atoms with Gasteiger partial charge >= 0.3 is 0 Å². The van der Waals surface area contributed by atoms with Gasteiger partial charge in [-0.3, -0.25) is 9.48 Å². The summed E-state index contributed by atoms with van der Waals surface area (Å²) in [4.78, 5) is 15.8. The standard InChI is InChI=1S/C19H31N5O/c25-18(19(7-10-20-11-8-19)24-12-3-9-21-24)22-17-6-13-23(15-17)14-16-4-1-2-5-16/h3,9,12,16-17,20H,1-2,4-8,10-11,13-15H2,(H,22,25). The Kier molecular flexibility index (Phi) is 5.08. The summed E-state index contributed by atoms with van der Waals surface area (Å²) in [6.45, 7) is 5.09. The molecule has 3 aliphatic rings. The fourth-order valence-corrected chi connectivity index (χ4v) is 4.92. The Morgan fingerprint density at radius 1 is 1.24 bits per heavy atom. The van der Waals surface area contributed by atoms with E-state index in [4.69, 9.17) is 0 Å². The third-order valence-corrected chi connectivity index (χ3v) is 6.40. The Labute approximate surface area is 150 Å². The van der Waals surface area contributed by atoms with E-state index in [-0.39, 0.29) is 11.9 Å². The van der Waals surface area contributed by atoms with E-state index in [0.29, 0.717) is 0 Å². The number of aromatic nitrogens is 2. The molecule has 0 aromatic carbocycles. The van der Waals surface area contributed by atoms with Crippen molar-refractivity contribution in [1.82, 2.24) is 25.3 Å². The van der Waals surface area contributed by atoms with E-state index in [1.165, 1.54) is 32.2 Å². The highest BCUT2D eigenvalue weighted by molar-refractivity contribution is 5.84. The Morgan fingerprint density at radius 2 is 2.04 bits per heavy atom. The number of nitrogens with one attached hydrogen (secondary N) is 2. The summed E-state index contributed by atoms with van der Waals surface area (Å²) in [5.74, 6) is 1.04. The van der Waals surface area contributed by atoms with Gasteiger partial charge in [-0.15, -0.1) is 0 Å². The van der Waals surface area contributed by atoms with Crippen LogP contribution < -0.4 is 10.6 Å². The largest absolute Gasteiger partial charge is 0.350 e. The maximum atomic E-state index is 13.2. The third-order valence-electron chi connectivity index (χ3n) is 6.40. The fraction of sp³-hybridized carbons (Fsp3) is 0.789. The van der Waals surface area contributed by atoms with Crippen LogP contribution in [0, 0.1) is 5.92 Å². The van der Waals surface area contributed by atoms with Gasteiger partial charge in [0, 0.05) is 38.1 Å². The average Bonchev–Trinajstić information content (AvgIpc) is 3.39. The maximum Gasteiger partial charge on any atom is 0.248 e. The first-order valence-corrected chi connectivity index (χ1v) is 10.0. The maximum absolute atomic E-state index is 13.2. The Morgan fingerprint density at radius 3 is 2.76 bits per heavy atom. The average molecular weight is 345 g/mol. The van der Waals surface area contributed by atoms with E-state index in [0.717, 1.165) is 51.4 Å². The lowest BCUT2D eigenvalue weighted by atomic mass is 9.87. The smallest absolute Gasteiger partial charge is 0.248 e. The molecular formula is C19H31N5O. The van der Waals surface area contributed by atoms with Gasteiger partial charge in [0.1, 0.15) is 5.54 Å². The monoisotopic (exact) mass is 345 g/mol. The second-order valence-electron chi connectivity index (χ2n) is 8.10. The van der Waals surface area contributed by atoms with Crippen LogP contribution in [0.4, 0.5) is 0 Å². The topological polar surface area (TPSA) is 62.2 Å². The van der Waals surface area contributed by atoms with Gasteiger partial charge in [0.2, 0.25) is 5.91 Å². The van der Waals surface area contributed by atoms with Crippen molar-refractivity contribution < 1.29 is 4.79 Å². The highest BCUT2D eigenvalue weighted by atomic mass is 16.2. The van der Waals surface area contributed by atoms with Crippen LogP contribution in [-0.4, -0.2) is 59.4 Å². The molecule has 1 aromatic heterocycles. The molecule has 1 atom stereocenters. The molecule has 1 unspecified atom stereocenters. The van der Waals surface area contributed by atoms with E-state index in [1.54, 1.807) is 6.20 Å². The van der Waals surface area contributed by atoms with Gasteiger partial charge in [-0.1, -0.05) is 12.8 Å². The predicted octanol–water partition coefficient (Wildman–Crippen LogP) is 1.34. The van der Waals surface area contributed by atoms with Crippen molar-refractivity contribution in [3.63, 3.8) is 0 Å². The summed E-state index contributed by atoms with van der Waals surface area (Å²) in [5, 5.41) is 11.1. The number of amides is 1. The Hall–Kier alpha value is -1.40. The molecular weight excluding hydrogens is 314 g/mol. The number of carbonyl (C=O) groups is 1. The molecule has 25 heavy (non-hydrogen) atoms. The van der Waals surface area contributed by atoms with Crippen LogP contribution in [0.5, 0.6) is 0 Å². The Balaban J connectivity index is 1.37. The zero-order valence-electron chi connectivity index (χ0n) is 15.1. The molecule has 0 spiro atoms. The summed E-state index contributed by atoms with van der Waals surface area (Å²) in [7, 11) is 0. The molecule has 6 heteroatoms. The first kappa shape index (κ1) is 17.0. The van der Waals surface area contributed by atoms with Crippen molar-refractivity contribution in [3.8, 4) is 0 Å². The van der Waals surface area contributed by atoms with E-state index in [2.05, 4.69) is 20.6 Å². The van der Waals surface area contributed by atoms with Crippen LogP contribution in [0.2, 0.25) is 0 Å². The van der Waals surface area contributed by atoms with Crippen LogP contribution in [0.25, 0.3) is 0 Å². The number of hydrogen-bond acceptors (Lipinski definition) is 4. The molecule has 0 radical (unpaired) electrons. The summed E-state index contributed by atoms with van der Waals surface area (Å²) in [5.41, 5.74) is -0.520. The van der Waals surface area contributed by atoms with Gasteiger partial charge in [-0.05, 0) is 57.2 Å². The summed E-state index contributed by atoms with van der Waals surface area (Å²) in [6.07, 6.45) is 12.0. The molecule has 2 saturated heterocycles. The molecule has 2 N–H and O–H groups in total. The highest BCUT2D eigenvalue weighted by Crippen LogP contribution is 2.29. The van der Waals surface area contributed by atoms with E-state index in [9.17, 15) is 4.79 Å². The molecule has 1 aromatic rings. The van der Waals surface area contributed by atoms with Crippen LogP contribution in [0.1, 0.15) is 44.9 Å².